The summed E-state index contributed by atoms with van der Waals surface area (Å²) in [5.74, 6) is -2.97. The Kier molecular flexibility index (Phi) is 13.7. The standard InChI is InChI=1S/C35H56N6O7/c1-7-14-23(28(44)31(46)36-20-8-2)37-30(45)24-15-13-21-40(24)32(47)29(35(6)18-10-9-11-19-35)39-33(48)38-25(34(3,4)5)22-41-26(42)16-12-17-27(41)43/h8,23-25,29H,2,7,9-22H2,1,3-6H3,(H,36,46)(H,37,45)(H2,38,39,48)/t23?,24-,25+,29+/m0/s1. The zero-order valence-corrected chi connectivity index (χ0v) is 29.5. The van der Waals surface area contributed by atoms with Crippen LogP contribution in [0.3, 0.4) is 0 Å². The zero-order chi connectivity index (χ0) is 35.6. The maximum absolute atomic E-state index is 14.4. The number of hydrogen-bond acceptors (Lipinski definition) is 7. The smallest absolute Gasteiger partial charge is 0.315 e. The van der Waals surface area contributed by atoms with E-state index in [1.165, 1.54) is 15.9 Å². The predicted octanol–water partition coefficient (Wildman–Crippen LogP) is 2.73. The molecule has 0 aromatic rings. The largest absolute Gasteiger partial charge is 0.346 e. The summed E-state index contributed by atoms with van der Waals surface area (Å²) < 4.78 is 0. The molecule has 13 heteroatoms. The number of ketones is 1. The maximum Gasteiger partial charge on any atom is 0.315 e. The van der Waals surface area contributed by atoms with Gasteiger partial charge in [-0.25, -0.2) is 4.79 Å². The Morgan fingerprint density at radius 2 is 1.60 bits per heavy atom. The first kappa shape index (κ1) is 38.7. The Bertz CT molecular complexity index is 1220. The second-order valence-electron chi connectivity index (χ2n) is 14.8. The van der Waals surface area contributed by atoms with Crippen molar-refractivity contribution in [3.05, 3.63) is 12.7 Å². The van der Waals surface area contributed by atoms with Crippen LogP contribution in [-0.2, 0) is 28.8 Å². The van der Waals surface area contributed by atoms with E-state index in [2.05, 4.69) is 27.8 Å². The minimum atomic E-state index is -1.03. The number of hydrogen-bond donors (Lipinski definition) is 4. The van der Waals surface area contributed by atoms with E-state index < -0.39 is 58.6 Å². The lowest BCUT2D eigenvalue weighted by Gasteiger charge is -2.43. The van der Waals surface area contributed by atoms with Crippen molar-refractivity contribution >= 4 is 41.4 Å². The van der Waals surface area contributed by atoms with Crippen LogP contribution in [0.15, 0.2) is 12.7 Å². The number of amides is 7. The molecule has 3 fully saturated rings. The number of Topliss-reactive ketones (excluding diaryl/α,β-unsaturated/α-hetero) is 1. The van der Waals surface area contributed by atoms with Crippen LogP contribution >= 0.6 is 0 Å². The van der Waals surface area contributed by atoms with Crippen LogP contribution in [0.25, 0.3) is 0 Å². The number of carbonyl (C=O) groups is 7. The van der Waals surface area contributed by atoms with Crippen LogP contribution < -0.4 is 21.3 Å². The second kappa shape index (κ2) is 17.1. The van der Waals surface area contributed by atoms with Gasteiger partial charge in [-0.1, -0.05) is 66.4 Å². The number of carbonyl (C=O) groups excluding carboxylic acids is 7. The van der Waals surface area contributed by atoms with Crippen molar-refractivity contribution in [2.45, 2.75) is 136 Å². The molecular formula is C35H56N6O7. The molecule has 268 valence electrons. The summed E-state index contributed by atoms with van der Waals surface area (Å²) in [6.07, 6.45) is 8.52. The summed E-state index contributed by atoms with van der Waals surface area (Å²) in [7, 11) is 0. The van der Waals surface area contributed by atoms with Gasteiger partial charge in [0.15, 0.2) is 0 Å². The van der Waals surface area contributed by atoms with E-state index in [0.717, 1.165) is 19.3 Å². The number of urea groups is 1. The third kappa shape index (κ3) is 9.88. The third-order valence-corrected chi connectivity index (χ3v) is 9.99. The van der Waals surface area contributed by atoms with Gasteiger partial charge in [-0.15, -0.1) is 6.58 Å². The number of nitrogens with one attached hydrogen (secondary N) is 4. The Morgan fingerprint density at radius 3 is 2.19 bits per heavy atom. The van der Waals surface area contributed by atoms with Crippen LogP contribution in [0.1, 0.15) is 112 Å². The lowest BCUT2D eigenvalue weighted by Crippen LogP contribution is -2.63. The van der Waals surface area contributed by atoms with E-state index in [1.54, 1.807) is 0 Å². The molecule has 0 radical (unpaired) electrons. The summed E-state index contributed by atoms with van der Waals surface area (Å²) >= 11 is 0. The van der Waals surface area contributed by atoms with Crippen LogP contribution in [0, 0.1) is 10.8 Å². The molecule has 1 saturated carbocycles. The normalized spacial score (nSPS) is 21.5. The van der Waals surface area contributed by atoms with Crippen molar-refractivity contribution in [1.82, 2.24) is 31.1 Å². The topological polar surface area (TPSA) is 174 Å². The first-order chi connectivity index (χ1) is 22.6. The molecule has 1 aliphatic carbocycles. The Morgan fingerprint density at radius 1 is 0.958 bits per heavy atom. The van der Waals surface area contributed by atoms with Gasteiger partial charge >= 0.3 is 6.03 Å². The predicted molar refractivity (Wildman–Crippen MR) is 180 cm³/mol. The highest BCUT2D eigenvalue weighted by molar-refractivity contribution is 6.38. The van der Waals surface area contributed by atoms with Crippen LogP contribution in [-0.4, -0.2) is 95.0 Å². The van der Waals surface area contributed by atoms with Crippen LogP contribution in [0.2, 0.25) is 0 Å². The molecule has 2 saturated heterocycles. The van der Waals surface area contributed by atoms with Gasteiger partial charge in [0.25, 0.3) is 5.91 Å². The summed E-state index contributed by atoms with van der Waals surface area (Å²) in [6.45, 7) is 13.6. The molecule has 4 atom stereocenters. The monoisotopic (exact) mass is 672 g/mol. The van der Waals surface area contributed by atoms with Gasteiger partial charge in [0.1, 0.15) is 12.1 Å². The first-order valence-corrected chi connectivity index (χ1v) is 17.6. The average molecular weight is 673 g/mol. The molecule has 48 heavy (non-hydrogen) atoms. The van der Waals surface area contributed by atoms with E-state index in [0.29, 0.717) is 45.1 Å². The highest BCUT2D eigenvalue weighted by Gasteiger charge is 2.47. The highest BCUT2D eigenvalue weighted by atomic mass is 16.2. The van der Waals surface area contributed by atoms with Gasteiger partial charge in [0.05, 0.1) is 12.1 Å². The molecule has 0 aromatic carbocycles. The van der Waals surface area contributed by atoms with Gasteiger partial charge in [-0.3, -0.25) is 33.7 Å². The van der Waals surface area contributed by atoms with E-state index in [-0.39, 0.29) is 50.1 Å². The number of imide groups is 1. The summed E-state index contributed by atoms with van der Waals surface area (Å²) in [4.78, 5) is 94.9. The lowest BCUT2D eigenvalue weighted by atomic mass is 9.70. The molecule has 7 amide bonds. The Labute approximate surface area is 284 Å². The quantitative estimate of drug-likeness (QED) is 0.125. The molecule has 2 heterocycles. The molecular weight excluding hydrogens is 616 g/mol. The molecule has 0 spiro atoms. The van der Waals surface area contributed by atoms with Crippen molar-refractivity contribution in [2.75, 3.05) is 19.6 Å². The average Bonchev–Trinajstić information content (AvgIpc) is 3.53. The Hall–Kier alpha value is -3.77. The molecule has 0 bridgehead atoms. The third-order valence-electron chi connectivity index (χ3n) is 9.99. The van der Waals surface area contributed by atoms with Gasteiger partial charge < -0.3 is 26.2 Å². The van der Waals surface area contributed by atoms with Crippen molar-refractivity contribution in [3.63, 3.8) is 0 Å². The minimum Gasteiger partial charge on any atom is -0.346 e. The fourth-order valence-corrected chi connectivity index (χ4v) is 6.94. The minimum absolute atomic E-state index is 0.0299. The molecule has 4 N–H and O–H groups in total. The van der Waals surface area contributed by atoms with Crippen LogP contribution in [0.5, 0.6) is 0 Å². The summed E-state index contributed by atoms with van der Waals surface area (Å²) in [6, 6.07) is -4.01. The molecule has 3 aliphatic rings. The number of likely N-dealkylation sites (tertiary alicyclic amines) is 2. The molecule has 1 unspecified atom stereocenters. The lowest BCUT2D eigenvalue weighted by molar-refractivity contribution is -0.148. The number of rotatable bonds is 14. The van der Waals surface area contributed by atoms with E-state index in [9.17, 15) is 33.6 Å². The summed E-state index contributed by atoms with van der Waals surface area (Å²) in [5, 5.41) is 11.1. The highest BCUT2D eigenvalue weighted by Crippen LogP contribution is 2.40. The van der Waals surface area contributed by atoms with E-state index in [1.807, 2.05) is 34.6 Å². The fraction of sp³-hybridized carbons (Fsp3) is 0.743. The summed E-state index contributed by atoms with van der Waals surface area (Å²) in [5.41, 5.74) is -1.09. The molecule has 3 rings (SSSR count). The van der Waals surface area contributed by atoms with Crippen LogP contribution in [0.4, 0.5) is 4.79 Å². The first-order valence-electron chi connectivity index (χ1n) is 17.6. The van der Waals surface area contributed by atoms with Crippen molar-refractivity contribution in [1.29, 1.82) is 0 Å². The van der Waals surface area contributed by atoms with Gasteiger partial charge in [-0.05, 0) is 49.4 Å². The van der Waals surface area contributed by atoms with Crippen molar-refractivity contribution in [3.8, 4) is 0 Å². The van der Waals surface area contributed by atoms with Crippen molar-refractivity contribution < 1.29 is 33.6 Å². The van der Waals surface area contributed by atoms with Gasteiger partial charge in [-0.2, -0.15) is 0 Å². The van der Waals surface area contributed by atoms with Gasteiger partial charge in [0.2, 0.25) is 29.4 Å². The SMILES string of the molecule is C=CCNC(=O)C(=O)C(CCC)NC(=O)[C@@H]1CCCN1C(=O)[C@@H](NC(=O)N[C@H](CN1C(=O)CCCC1=O)C(C)(C)C)C1(C)CCCCC1. The second-order valence-corrected chi connectivity index (χ2v) is 14.8. The number of piperidine rings is 1. The molecule has 2 aliphatic heterocycles. The van der Waals surface area contributed by atoms with E-state index >= 15 is 0 Å². The fourth-order valence-electron chi connectivity index (χ4n) is 6.94. The van der Waals surface area contributed by atoms with Gasteiger partial charge in [0, 0.05) is 32.5 Å². The number of nitrogens with zero attached hydrogens (tertiary/aromatic N) is 2. The molecule has 13 nitrogen and oxygen atoms in total. The van der Waals surface area contributed by atoms with Crippen molar-refractivity contribution in [2.24, 2.45) is 10.8 Å². The zero-order valence-electron chi connectivity index (χ0n) is 29.5. The Balaban J connectivity index is 1.81. The molecule has 0 aromatic heterocycles. The maximum atomic E-state index is 14.4. The van der Waals surface area contributed by atoms with E-state index in [4.69, 9.17) is 0 Å².